The molecule has 2 unspecified atom stereocenters. The van der Waals surface area contributed by atoms with Gasteiger partial charge >= 0.3 is 0 Å². The molecular weight excluding hydrogens is 396 g/mol. The lowest BCUT2D eigenvalue weighted by molar-refractivity contribution is -0.138. The Balaban J connectivity index is 1.77. The van der Waals surface area contributed by atoms with Crippen LogP contribution in [0.4, 0.5) is 0 Å². The van der Waals surface area contributed by atoms with Gasteiger partial charge in [-0.15, -0.1) is 0 Å². The van der Waals surface area contributed by atoms with Gasteiger partial charge < -0.3 is 10.6 Å². The molecule has 0 aliphatic rings. The SMILES string of the molecule is N#CC(C(=O)C(=O)NCCCNC(=O)C(=O)C(C#N)c1ccccc1)c1ccccc1. The van der Waals surface area contributed by atoms with E-state index in [0.717, 1.165) is 0 Å². The predicted octanol–water partition coefficient (Wildman–Crippen LogP) is 1.36. The Morgan fingerprint density at radius 2 is 1.03 bits per heavy atom. The molecule has 8 nitrogen and oxygen atoms in total. The highest BCUT2D eigenvalue weighted by Gasteiger charge is 2.27. The first-order chi connectivity index (χ1) is 15.0. The van der Waals surface area contributed by atoms with E-state index in [2.05, 4.69) is 10.6 Å². The van der Waals surface area contributed by atoms with Crippen molar-refractivity contribution in [1.82, 2.24) is 10.6 Å². The molecule has 0 aromatic heterocycles. The summed E-state index contributed by atoms with van der Waals surface area (Å²) in [6.45, 7) is 0.124. The highest BCUT2D eigenvalue weighted by molar-refractivity contribution is 6.39. The summed E-state index contributed by atoms with van der Waals surface area (Å²) in [4.78, 5) is 48.4. The molecule has 2 amide bonds. The first kappa shape index (κ1) is 23.0. The Hall–Kier alpha value is -4.30. The Kier molecular flexibility index (Phi) is 8.63. The standard InChI is InChI=1S/C23H20N4O4/c24-14-18(16-8-3-1-4-9-16)20(28)22(30)26-12-7-13-27-23(31)21(29)19(15-25)17-10-5-2-6-11-17/h1-6,8-11,18-19H,7,12-13H2,(H,26,30)(H,27,31). The number of carbonyl (C=O) groups is 4. The summed E-state index contributed by atoms with van der Waals surface area (Å²) in [6.07, 6.45) is 0.253. The van der Waals surface area contributed by atoms with E-state index < -0.39 is 35.2 Å². The van der Waals surface area contributed by atoms with Crippen LogP contribution < -0.4 is 10.6 Å². The largest absolute Gasteiger partial charge is 0.349 e. The van der Waals surface area contributed by atoms with Gasteiger partial charge in [0.15, 0.2) is 0 Å². The third-order valence-corrected chi connectivity index (χ3v) is 4.42. The number of hydrogen-bond donors (Lipinski definition) is 2. The van der Waals surface area contributed by atoms with Crippen LogP contribution in [0.25, 0.3) is 0 Å². The molecule has 0 spiro atoms. The Morgan fingerprint density at radius 1 is 0.677 bits per heavy atom. The van der Waals surface area contributed by atoms with Gasteiger partial charge in [-0.1, -0.05) is 60.7 Å². The smallest absolute Gasteiger partial charge is 0.289 e. The van der Waals surface area contributed by atoms with E-state index in [1.807, 2.05) is 12.1 Å². The minimum absolute atomic E-state index is 0.0619. The average molecular weight is 416 g/mol. The molecule has 2 aromatic carbocycles. The lowest BCUT2D eigenvalue weighted by atomic mass is 9.95. The summed E-state index contributed by atoms with van der Waals surface area (Å²) in [5, 5.41) is 23.2. The zero-order valence-electron chi connectivity index (χ0n) is 16.6. The van der Waals surface area contributed by atoms with Crippen molar-refractivity contribution in [1.29, 1.82) is 10.5 Å². The normalized spacial score (nSPS) is 11.8. The minimum Gasteiger partial charge on any atom is -0.349 e. The van der Waals surface area contributed by atoms with Crippen molar-refractivity contribution in [3.05, 3.63) is 71.8 Å². The number of nitrogens with zero attached hydrogens (tertiary/aromatic N) is 2. The summed E-state index contributed by atoms with van der Waals surface area (Å²) < 4.78 is 0. The van der Waals surface area contributed by atoms with E-state index >= 15 is 0 Å². The fourth-order valence-electron chi connectivity index (χ4n) is 2.79. The molecule has 2 N–H and O–H groups in total. The lowest BCUT2D eigenvalue weighted by Gasteiger charge is -2.10. The topological polar surface area (TPSA) is 140 Å². The zero-order chi connectivity index (χ0) is 22.6. The highest BCUT2D eigenvalue weighted by Crippen LogP contribution is 2.16. The van der Waals surface area contributed by atoms with E-state index in [9.17, 15) is 29.7 Å². The number of rotatable bonds is 10. The van der Waals surface area contributed by atoms with E-state index in [1.54, 1.807) is 60.7 Å². The quantitative estimate of drug-likeness (QED) is 0.443. The molecule has 156 valence electrons. The van der Waals surface area contributed by atoms with Gasteiger partial charge in [0.1, 0.15) is 11.8 Å². The van der Waals surface area contributed by atoms with Crippen LogP contribution in [-0.4, -0.2) is 36.5 Å². The molecule has 8 heteroatoms. The Labute approximate surface area is 179 Å². The van der Waals surface area contributed by atoms with Crippen LogP contribution in [0.5, 0.6) is 0 Å². The van der Waals surface area contributed by atoms with Crippen molar-refractivity contribution >= 4 is 23.4 Å². The fourth-order valence-corrected chi connectivity index (χ4v) is 2.79. The molecule has 0 bridgehead atoms. The van der Waals surface area contributed by atoms with Crippen LogP contribution in [-0.2, 0) is 19.2 Å². The molecule has 0 radical (unpaired) electrons. The zero-order valence-corrected chi connectivity index (χ0v) is 16.6. The first-order valence-corrected chi connectivity index (χ1v) is 9.52. The first-order valence-electron chi connectivity index (χ1n) is 9.52. The van der Waals surface area contributed by atoms with Crippen LogP contribution in [0.15, 0.2) is 60.7 Å². The maximum atomic E-state index is 12.2. The van der Waals surface area contributed by atoms with Crippen LogP contribution >= 0.6 is 0 Å². The van der Waals surface area contributed by atoms with Crippen molar-refractivity contribution in [2.75, 3.05) is 13.1 Å². The number of carbonyl (C=O) groups excluding carboxylic acids is 4. The monoisotopic (exact) mass is 416 g/mol. The summed E-state index contributed by atoms with van der Waals surface area (Å²) in [6, 6.07) is 20.2. The number of nitriles is 2. The van der Waals surface area contributed by atoms with Gasteiger partial charge in [-0.25, -0.2) is 0 Å². The number of benzene rings is 2. The highest BCUT2D eigenvalue weighted by atomic mass is 16.2. The molecule has 0 heterocycles. The molecule has 0 saturated carbocycles. The van der Waals surface area contributed by atoms with Crippen LogP contribution in [0.2, 0.25) is 0 Å². The summed E-state index contributed by atoms with van der Waals surface area (Å²) in [5.41, 5.74) is 0.864. The number of ketones is 2. The van der Waals surface area contributed by atoms with Crippen LogP contribution in [0.1, 0.15) is 29.4 Å². The van der Waals surface area contributed by atoms with Crippen LogP contribution in [0, 0.1) is 22.7 Å². The van der Waals surface area contributed by atoms with E-state index in [-0.39, 0.29) is 19.5 Å². The summed E-state index contributed by atoms with van der Waals surface area (Å²) >= 11 is 0. The number of Topliss-reactive ketones (excluding diaryl/α,β-unsaturated/α-hetero) is 2. The van der Waals surface area contributed by atoms with Crippen molar-refractivity contribution in [2.45, 2.75) is 18.3 Å². The Bertz CT molecular complexity index is 940. The van der Waals surface area contributed by atoms with Crippen molar-refractivity contribution in [3.8, 4) is 12.1 Å². The Morgan fingerprint density at radius 3 is 1.35 bits per heavy atom. The number of amides is 2. The molecule has 2 rings (SSSR count). The molecule has 0 aliphatic heterocycles. The molecule has 0 saturated heterocycles. The van der Waals surface area contributed by atoms with Crippen molar-refractivity contribution in [2.24, 2.45) is 0 Å². The number of hydrogen-bond acceptors (Lipinski definition) is 6. The van der Waals surface area contributed by atoms with Gasteiger partial charge in [0.05, 0.1) is 12.1 Å². The molecule has 0 fully saturated rings. The molecule has 2 atom stereocenters. The maximum absolute atomic E-state index is 12.2. The van der Waals surface area contributed by atoms with Gasteiger partial charge in [-0.3, -0.25) is 19.2 Å². The van der Waals surface area contributed by atoms with Gasteiger partial charge in [0.2, 0.25) is 11.6 Å². The van der Waals surface area contributed by atoms with E-state index in [1.165, 1.54) is 0 Å². The van der Waals surface area contributed by atoms with Gasteiger partial charge in [-0.05, 0) is 17.5 Å². The second kappa shape index (κ2) is 11.6. The van der Waals surface area contributed by atoms with Gasteiger partial charge in [0.25, 0.3) is 11.8 Å². The van der Waals surface area contributed by atoms with E-state index in [0.29, 0.717) is 11.1 Å². The van der Waals surface area contributed by atoms with Crippen molar-refractivity contribution in [3.63, 3.8) is 0 Å². The minimum atomic E-state index is -1.19. The van der Waals surface area contributed by atoms with Crippen molar-refractivity contribution < 1.29 is 19.2 Å². The molecule has 31 heavy (non-hydrogen) atoms. The fraction of sp³-hybridized carbons (Fsp3) is 0.217. The molecule has 0 aliphatic carbocycles. The second-order valence-corrected chi connectivity index (χ2v) is 6.54. The summed E-state index contributed by atoms with van der Waals surface area (Å²) in [7, 11) is 0. The van der Waals surface area contributed by atoms with Crippen LogP contribution in [0.3, 0.4) is 0 Å². The predicted molar refractivity (Wildman–Crippen MR) is 110 cm³/mol. The number of nitrogens with one attached hydrogen (secondary N) is 2. The molecular formula is C23H20N4O4. The van der Waals surface area contributed by atoms with E-state index in [4.69, 9.17) is 0 Å². The average Bonchev–Trinajstić information content (AvgIpc) is 2.80. The second-order valence-electron chi connectivity index (χ2n) is 6.54. The summed E-state index contributed by atoms with van der Waals surface area (Å²) in [5.74, 6) is -5.92. The van der Waals surface area contributed by atoms with Gasteiger partial charge in [-0.2, -0.15) is 10.5 Å². The van der Waals surface area contributed by atoms with Gasteiger partial charge in [0, 0.05) is 13.1 Å². The third-order valence-electron chi connectivity index (χ3n) is 4.42. The lowest BCUT2D eigenvalue weighted by Crippen LogP contribution is -2.38. The maximum Gasteiger partial charge on any atom is 0.289 e. The molecule has 2 aromatic rings. The third kappa shape index (κ3) is 6.34.